The Bertz CT molecular complexity index is 1230. The molecule has 6 fully saturated rings. The highest BCUT2D eigenvalue weighted by Crippen LogP contribution is 2.70. The van der Waals surface area contributed by atoms with Crippen LogP contribution in [0, 0.1) is 46.3 Å². The van der Waals surface area contributed by atoms with Crippen molar-refractivity contribution in [1.82, 2.24) is 0 Å². The molecule has 0 bridgehead atoms. The van der Waals surface area contributed by atoms with Gasteiger partial charge in [0.25, 0.3) is 0 Å². The molecule has 6 rings (SSSR count). The van der Waals surface area contributed by atoms with Crippen molar-refractivity contribution in [3.8, 4) is 0 Å². The zero-order valence-corrected chi connectivity index (χ0v) is 32.6. The number of ether oxygens (including phenoxy) is 6. The lowest BCUT2D eigenvalue weighted by Crippen LogP contribution is -2.70. The van der Waals surface area contributed by atoms with Gasteiger partial charge in [0.05, 0.1) is 49.3 Å². The second-order valence-electron chi connectivity index (χ2n) is 18.3. The van der Waals surface area contributed by atoms with E-state index < -0.39 is 103 Å². The Kier molecular flexibility index (Phi) is 12.7. The molecule has 0 amide bonds. The number of hydrogen-bond donors (Lipinski definition) is 8. The van der Waals surface area contributed by atoms with Crippen LogP contribution in [-0.4, -0.2) is 154 Å². The van der Waals surface area contributed by atoms with Crippen molar-refractivity contribution in [2.24, 2.45) is 46.3 Å². The standard InChI is InChI=1S/C39H68O14/c1-18(2)24(51-36-33(30(45)25(16-40)52-36)53-35-32(49-7)31(46)26(48-6)17-50-35)9-8-19(3)20-14-22(42)34-37(20,4)13-11-27-38(5)12-10-21(41)29(44)28(38)23(43)15-39(27,34)47/h18-36,40-47H,8-17H2,1-7H3/t19-,20-,21+,22-,23-,24+,25+,26-,27?,28?,29+,30+,31+,32-,33-,34?,35+,36-,37-,38-,39+/m1/s1. The number of rotatable bonds is 12. The van der Waals surface area contributed by atoms with Gasteiger partial charge in [-0.15, -0.1) is 0 Å². The molecule has 4 aliphatic carbocycles. The van der Waals surface area contributed by atoms with Crippen molar-refractivity contribution in [2.75, 3.05) is 27.4 Å². The summed E-state index contributed by atoms with van der Waals surface area (Å²) in [6, 6.07) is 0. The van der Waals surface area contributed by atoms with Crippen LogP contribution in [0.25, 0.3) is 0 Å². The molecule has 2 aliphatic heterocycles. The Hall–Kier alpha value is -0.560. The zero-order chi connectivity index (χ0) is 38.8. The molecule has 8 N–H and O–H groups in total. The molecule has 14 heteroatoms. The zero-order valence-electron chi connectivity index (χ0n) is 32.6. The smallest absolute Gasteiger partial charge is 0.187 e. The lowest BCUT2D eigenvalue weighted by molar-refractivity contribution is -0.313. The van der Waals surface area contributed by atoms with Gasteiger partial charge in [0.15, 0.2) is 12.6 Å². The lowest BCUT2D eigenvalue weighted by Gasteiger charge is -2.66. The third-order valence-electron chi connectivity index (χ3n) is 15.2. The maximum absolute atomic E-state index is 12.7. The van der Waals surface area contributed by atoms with E-state index in [0.29, 0.717) is 32.1 Å². The van der Waals surface area contributed by atoms with E-state index in [1.165, 1.54) is 14.2 Å². The van der Waals surface area contributed by atoms with Crippen LogP contribution in [0.4, 0.5) is 0 Å². The van der Waals surface area contributed by atoms with Crippen molar-refractivity contribution >= 4 is 0 Å². The molecule has 3 unspecified atom stereocenters. The van der Waals surface area contributed by atoms with Crippen molar-refractivity contribution in [3.63, 3.8) is 0 Å². The van der Waals surface area contributed by atoms with E-state index in [1.54, 1.807) is 0 Å². The Morgan fingerprint density at radius 1 is 0.792 bits per heavy atom. The lowest BCUT2D eigenvalue weighted by atomic mass is 9.41. The van der Waals surface area contributed by atoms with E-state index >= 15 is 0 Å². The van der Waals surface area contributed by atoms with E-state index in [0.717, 1.165) is 12.8 Å². The fourth-order valence-corrected chi connectivity index (χ4v) is 12.5. The molecular weight excluding hydrogens is 692 g/mol. The van der Waals surface area contributed by atoms with Crippen molar-refractivity contribution in [2.45, 2.75) is 171 Å². The molecule has 53 heavy (non-hydrogen) atoms. The van der Waals surface area contributed by atoms with Crippen LogP contribution in [0.5, 0.6) is 0 Å². The topological polar surface area (TPSA) is 217 Å². The molecule has 2 saturated heterocycles. The summed E-state index contributed by atoms with van der Waals surface area (Å²) >= 11 is 0. The number of aliphatic hydroxyl groups is 8. The van der Waals surface area contributed by atoms with Gasteiger partial charge in [-0.2, -0.15) is 0 Å². The Balaban J connectivity index is 1.14. The van der Waals surface area contributed by atoms with E-state index in [9.17, 15) is 40.9 Å². The predicted octanol–water partition coefficient (Wildman–Crippen LogP) is 0.702. The minimum Gasteiger partial charge on any atom is -0.394 e. The quantitative estimate of drug-likeness (QED) is 0.138. The van der Waals surface area contributed by atoms with Gasteiger partial charge in [0, 0.05) is 32.5 Å². The molecule has 0 spiro atoms. The average Bonchev–Trinajstić information content (AvgIpc) is 3.55. The van der Waals surface area contributed by atoms with Crippen LogP contribution in [0.3, 0.4) is 0 Å². The van der Waals surface area contributed by atoms with Gasteiger partial charge in [-0.25, -0.2) is 0 Å². The Morgan fingerprint density at radius 3 is 2.13 bits per heavy atom. The number of hydrogen-bond acceptors (Lipinski definition) is 14. The molecule has 21 atom stereocenters. The Morgan fingerprint density at radius 2 is 1.49 bits per heavy atom. The summed E-state index contributed by atoms with van der Waals surface area (Å²) in [6.07, 6.45) is -7.34. The highest BCUT2D eigenvalue weighted by atomic mass is 16.8. The molecule has 308 valence electrons. The Labute approximate surface area is 314 Å². The summed E-state index contributed by atoms with van der Waals surface area (Å²) in [7, 11) is 2.89. The average molecular weight is 761 g/mol. The summed E-state index contributed by atoms with van der Waals surface area (Å²) < 4.78 is 35.4. The first-order valence-electron chi connectivity index (χ1n) is 20.0. The van der Waals surface area contributed by atoms with E-state index in [-0.39, 0.29) is 48.2 Å². The molecule has 0 aromatic carbocycles. The van der Waals surface area contributed by atoms with Crippen LogP contribution in [0.15, 0.2) is 0 Å². The van der Waals surface area contributed by atoms with E-state index in [2.05, 4.69) is 13.8 Å². The van der Waals surface area contributed by atoms with Crippen LogP contribution < -0.4 is 0 Å². The highest BCUT2D eigenvalue weighted by Gasteiger charge is 2.71. The summed E-state index contributed by atoms with van der Waals surface area (Å²) in [5.74, 6) is -0.891. The van der Waals surface area contributed by atoms with Crippen LogP contribution in [0.2, 0.25) is 0 Å². The minimum absolute atomic E-state index is 0.0501. The minimum atomic E-state index is -1.31. The third-order valence-corrected chi connectivity index (χ3v) is 15.2. The first kappa shape index (κ1) is 42.1. The summed E-state index contributed by atoms with van der Waals surface area (Å²) in [6.45, 7) is 10.1. The predicted molar refractivity (Wildman–Crippen MR) is 189 cm³/mol. The molecule has 0 aromatic rings. The molecule has 14 nitrogen and oxygen atoms in total. The summed E-state index contributed by atoms with van der Waals surface area (Å²) in [5.41, 5.74) is -2.26. The number of fused-ring (bicyclic) bond motifs is 5. The fraction of sp³-hybridized carbons (Fsp3) is 1.00. The maximum atomic E-state index is 12.7. The SMILES string of the molecule is CO[C@H]1[C@H](O[C@H]2[C@H](O[C@@H](CC[C@@H](C)[C@H]3C[C@@H](O)C4[C@]5(O)C[C@@H](O)C6[C@@H](O)[C@@H](O)CC[C@]6(C)C5CC[C@@]43C)C(C)C)O[C@@H](CO)[C@@H]2O)OC[C@@H](OC)[C@@H]1O. The molecule has 0 radical (unpaired) electrons. The fourth-order valence-electron chi connectivity index (χ4n) is 12.5. The number of aliphatic hydroxyl groups excluding tert-OH is 7. The van der Waals surface area contributed by atoms with Crippen LogP contribution in [0.1, 0.15) is 86.0 Å². The first-order valence-corrected chi connectivity index (χ1v) is 20.0. The van der Waals surface area contributed by atoms with E-state index in [4.69, 9.17) is 28.4 Å². The largest absolute Gasteiger partial charge is 0.394 e. The monoisotopic (exact) mass is 760 g/mol. The molecule has 0 aromatic heterocycles. The van der Waals surface area contributed by atoms with E-state index in [1.807, 2.05) is 20.8 Å². The van der Waals surface area contributed by atoms with Gasteiger partial charge in [-0.05, 0) is 79.4 Å². The van der Waals surface area contributed by atoms with Gasteiger partial charge in [-0.3, -0.25) is 0 Å². The normalized spacial score (nSPS) is 52.5. The van der Waals surface area contributed by atoms with Crippen molar-refractivity contribution in [3.05, 3.63) is 0 Å². The second kappa shape index (κ2) is 16.0. The van der Waals surface area contributed by atoms with Gasteiger partial charge in [-0.1, -0.05) is 34.6 Å². The molecular formula is C39H68O14. The van der Waals surface area contributed by atoms with Crippen LogP contribution >= 0.6 is 0 Å². The maximum Gasteiger partial charge on any atom is 0.187 e. The van der Waals surface area contributed by atoms with Gasteiger partial charge in [0.2, 0.25) is 0 Å². The van der Waals surface area contributed by atoms with Gasteiger partial charge >= 0.3 is 0 Å². The second-order valence-corrected chi connectivity index (χ2v) is 18.3. The van der Waals surface area contributed by atoms with Crippen LogP contribution in [-0.2, 0) is 28.4 Å². The molecule has 6 aliphatic rings. The third kappa shape index (κ3) is 7.17. The van der Waals surface area contributed by atoms with Gasteiger partial charge < -0.3 is 69.3 Å². The summed E-state index contributed by atoms with van der Waals surface area (Å²) in [5, 5.41) is 89.2. The highest BCUT2D eigenvalue weighted by molar-refractivity contribution is 5.21. The summed E-state index contributed by atoms with van der Waals surface area (Å²) in [4.78, 5) is 0. The first-order chi connectivity index (χ1) is 25.0. The van der Waals surface area contributed by atoms with Gasteiger partial charge in [0.1, 0.15) is 36.6 Å². The molecule has 2 heterocycles. The van der Waals surface area contributed by atoms with Crippen molar-refractivity contribution < 1.29 is 69.3 Å². The number of methoxy groups -OCH3 is 2. The molecule has 4 saturated carbocycles. The van der Waals surface area contributed by atoms with Crippen molar-refractivity contribution in [1.29, 1.82) is 0 Å².